The number of nitrogens with zero attached hydrogens (tertiary/aromatic N) is 3. The average Bonchev–Trinajstić information content (AvgIpc) is 2.63. The van der Waals surface area contributed by atoms with Gasteiger partial charge in [0.25, 0.3) is 5.56 Å². The lowest BCUT2D eigenvalue weighted by Crippen LogP contribution is -2.36. The molecule has 0 unspecified atom stereocenters. The average molecular weight is 349 g/mol. The van der Waals surface area contributed by atoms with Crippen LogP contribution in [0, 0.1) is 6.92 Å². The number of nitrogens with one attached hydrogen (secondary N) is 2. The van der Waals surface area contributed by atoms with Gasteiger partial charge in [0, 0.05) is 26.3 Å². The van der Waals surface area contributed by atoms with Gasteiger partial charge in [-0.3, -0.25) is 9.79 Å². The van der Waals surface area contributed by atoms with Crippen LogP contribution >= 0.6 is 24.0 Å². The molecule has 0 fully saturated rings. The Morgan fingerprint density at radius 2 is 2.35 bits per heavy atom. The molecule has 1 aromatic rings. The van der Waals surface area contributed by atoms with Gasteiger partial charge in [-0.2, -0.15) is 0 Å². The van der Waals surface area contributed by atoms with Gasteiger partial charge in [-0.15, -0.1) is 24.0 Å². The van der Waals surface area contributed by atoms with Crippen LogP contribution in [0.5, 0.6) is 0 Å². The number of H-pyrrole nitrogens is 1. The summed E-state index contributed by atoms with van der Waals surface area (Å²) in [5.41, 5.74) is 0.523. The summed E-state index contributed by atoms with van der Waals surface area (Å²) >= 11 is 0. The van der Waals surface area contributed by atoms with Gasteiger partial charge in [0.15, 0.2) is 5.96 Å². The van der Waals surface area contributed by atoms with E-state index in [-0.39, 0.29) is 29.5 Å². The molecular weight excluding hydrogens is 333 g/mol. The highest BCUT2D eigenvalue weighted by Crippen LogP contribution is 1.96. The van der Waals surface area contributed by atoms with Crippen molar-refractivity contribution in [1.29, 1.82) is 0 Å². The first kappa shape index (κ1) is 13.9. The van der Waals surface area contributed by atoms with Gasteiger partial charge in [-0.25, -0.2) is 4.98 Å². The quantitative estimate of drug-likeness (QED) is 0.743. The first-order valence-corrected chi connectivity index (χ1v) is 5.21. The summed E-state index contributed by atoms with van der Waals surface area (Å²) in [4.78, 5) is 24.6. The second-order valence-corrected chi connectivity index (χ2v) is 3.80. The van der Waals surface area contributed by atoms with Crippen LogP contribution in [0.1, 0.15) is 11.4 Å². The van der Waals surface area contributed by atoms with Crippen LogP contribution in [0.4, 0.5) is 0 Å². The molecule has 0 bridgehead atoms. The van der Waals surface area contributed by atoms with E-state index in [2.05, 4.69) is 20.3 Å². The highest BCUT2D eigenvalue weighted by molar-refractivity contribution is 14.0. The van der Waals surface area contributed by atoms with E-state index >= 15 is 0 Å². The highest BCUT2D eigenvalue weighted by atomic mass is 127. The lowest BCUT2D eigenvalue weighted by Gasteiger charge is -2.14. The zero-order valence-corrected chi connectivity index (χ0v) is 12.2. The molecule has 0 spiro atoms. The number of rotatable bonds is 2. The van der Waals surface area contributed by atoms with Crippen LogP contribution in [0.3, 0.4) is 0 Å². The minimum absolute atomic E-state index is 0. The van der Waals surface area contributed by atoms with E-state index in [4.69, 9.17) is 0 Å². The maximum absolute atomic E-state index is 11.5. The van der Waals surface area contributed by atoms with Crippen LogP contribution in [-0.2, 0) is 6.54 Å². The molecule has 0 aliphatic carbocycles. The van der Waals surface area contributed by atoms with Gasteiger partial charge in [-0.1, -0.05) is 0 Å². The normalized spacial score (nSPS) is 14.2. The van der Waals surface area contributed by atoms with Crippen molar-refractivity contribution in [3.05, 3.63) is 27.9 Å². The third-order valence-electron chi connectivity index (χ3n) is 2.50. The molecular formula is C10H16IN5O. The minimum Gasteiger partial charge on any atom is -0.352 e. The maximum atomic E-state index is 11.5. The fourth-order valence-corrected chi connectivity index (χ4v) is 1.53. The number of hydrogen-bond donors (Lipinski definition) is 2. The topological polar surface area (TPSA) is 73.4 Å². The predicted molar refractivity (Wildman–Crippen MR) is 76.8 cm³/mol. The number of hydrogen-bond acceptors (Lipinski definition) is 5. The van der Waals surface area contributed by atoms with E-state index in [0.717, 1.165) is 19.0 Å². The summed E-state index contributed by atoms with van der Waals surface area (Å²) in [7, 11) is 1.97. The van der Waals surface area contributed by atoms with Gasteiger partial charge in [0.1, 0.15) is 5.82 Å². The van der Waals surface area contributed by atoms with E-state index in [1.807, 2.05) is 11.9 Å². The Morgan fingerprint density at radius 3 is 2.94 bits per heavy atom. The summed E-state index contributed by atoms with van der Waals surface area (Å²) in [6, 6.07) is 0. The van der Waals surface area contributed by atoms with Crippen molar-refractivity contribution >= 4 is 29.9 Å². The van der Waals surface area contributed by atoms with Gasteiger partial charge < -0.3 is 15.2 Å². The SMILES string of the molecule is Cc1ncc(CNC2=NCCN2C)c(=O)[nH]1.I. The number of aromatic amines is 1. The Morgan fingerprint density at radius 1 is 1.59 bits per heavy atom. The Balaban J connectivity index is 0.00000144. The van der Waals surface area contributed by atoms with E-state index in [0.29, 0.717) is 17.9 Å². The molecule has 2 rings (SSSR count). The molecule has 2 N–H and O–H groups in total. The largest absolute Gasteiger partial charge is 0.352 e. The van der Waals surface area contributed by atoms with Crippen LogP contribution in [0.2, 0.25) is 0 Å². The summed E-state index contributed by atoms with van der Waals surface area (Å²) in [5.74, 6) is 1.46. The molecule has 1 aromatic heterocycles. The van der Waals surface area contributed by atoms with Crippen LogP contribution in [0.25, 0.3) is 0 Å². The number of aryl methyl sites for hydroxylation is 1. The van der Waals surface area contributed by atoms with E-state index in [1.165, 1.54) is 0 Å². The molecule has 0 saturated carbocycles. The highest BCUT2D eigenvalue weighted by Gasteiger charge is 2.12. The summed E-state index contributed by atoms with van der Waals surface area (Å²) in [5, 5.41) is 3.12. The van der Waals surface area contributed by atoms with E-state index in [1.54, 1.807) is 13.1 Å². The number of halogens is 1. The smallest absolute Gasteiger partial charge is 0.255 e. The molecule has 1 aliphatic heterocycles. The first-order chi connectivity index (χ1) is 7.66. The van der Waals surface area contributed by atoms with Crippen molar-refractivity contribution in [2.75, 3.05) is 20.1 Å². The molecule has 7 heteroatoms. The van der Waals surface area contributed by atoms with Gasteiger partial charge >= 0.3 is 0 Å². The summed E-state index contributed by atoms with van der Waals surface area (Å²) < 4.78 is 0. The van der Waals surface area contributed by atoms with E-state index < -0.39 is 0 Å². The van der Waals surface area contributed by atoms with Crippen molar-refractivity contribution in [2.45, 2.75) is 13.5 Å². The monoisotopic (exact) mass is 349 g/mol. The number of aromatic nitrogens is 2. The van der Waals surface area contributed by atoms with Crippen molar-refractivity contribution in [3.63, 3.8) is 0 Å². The maximum Gasteiger partial charge on any atom is 0.255 e. The Bertz CT molecular complexity index is 470. The molecule has 0 atom stereocenters. The van der Waals surface area contributed by atoms with E-state index in [9.17, 15) is 4.79 Å². The summed E-state index contributed by atoms with van der Waals surface area (Å²) in [6.45, 7) is 3.94. The van der Waals surface area contributed by atoms with Crippen LogP contribution in [0.15, 0.2) is 16.0 Å². The lowest BCUT2D eigenvalue weighted by molar-refractivity contribution is 0.533. The molecule has 0 aromatic carbocycles. The van der Waals surface area contributed by atoms with Crippen molar-refractivity contribution in [2.24, 2.45) is 4.99 Å². The molecule has 6 nitrogen and oxygen atoms in total. The van der Waals surface area contributed by atoms with Crippen molar-refractivity contribution in [1.82, 2.24) is 20.2 Å². The van der Waals surface area contributed by atoms with Crippen LogP contribution in [-0.4, -0.2) is 41.0 Å². The minimum atomic E-state index is -0.0961. The first-order valence-electron chi connectivity index (χ1n) is 5.21. The second-order valence-electron chi connectivity index (χ2n) is 3.80. The number of likely N-dealkylation sites (N-methyl/N-ethyl adjacent to an activating group) is 1. The van der Waals surface area contributed by atoms with Crippen LogP contribution < -0.4 is 10.9 Å². The zero-order chi connectivity index (χ0) is 11.5. The van der Waals surface area contributed by atoms with Crippen molar-refractivity contribution in [3.8, 4) is 0 Å². The molecule has 1 aliphatic rings. The Hall–Kier alpha value is -1.12. The second kappa shape index (κ2) is 5.99. The standard InChI is InChI=1S/C10H15N5O.HI/c1-7-12-5-8(9(16)14-7)6-13-10-11-3-4-15(10)2;/h5H,3-4,6H2,1-2H3,(H,11,13)(H,12,14,16);1H. The fraction of sp³-hybridized carbons (Fsp3) is 0.500. The van der Waals surface area contributed by atoms with Gasteiger partial charge in [-0.05, 0) is 6.92 Å². The molecule has 0 amide bonds. The molecule has 0 radical (unpaired) electrons. The fourth-order valence-electron chi connectivity index (χ4n) is 1.53. The molecule has 0 saturated heterocycles. The molecule has 94 valence electrons. The summed E-state index contributed by atoms with van der Waals surface area (Å²) in [6.07, 6.45) is 1.59. The zero-order valence-electron chi connectivity index (χ0n) is 9.86. The Labute approximate surface area is 117 Å². The third-order valence-corrected chi connectivity index (χ3v) is 2.50. The third kappa shape index (κ3) is 3.42. The van der Waals surface area contributed by atoms with Gasteiger partial charge in [0.2, 0.25) is 0 Å². The predicted octanol–water partition coefficient (Wildman–Crippen LogP) is 0.0873. The lowest BCUT2D eigenvalue weighted by atomic mass is 10.3. The number of aliphatic imine (C=N–C) groups is 1. The Kier molecular flexibility index (Phi) is 4.91. The molecule has 17 heavy (non-hydrogen) atoms. The molecule has 2 heterocycles. The van der Waals surface area contributed by atoms with Gasteiger partial charge in [0.05, 0.1) is 12.1 Å². The number of guanidine groups is 1. The van der Waals surface area contributed by atoms with Crippen molar-refractivity contribution < 1.29 is 0 Å².